The van der Waals surface area contributed by atoms with Crippen molar-refractivity contribution in [3.63, 3.8) is 0 Å². The maximum atomic E-state index is 12.2. The monoisotopic (exact) mass is 370 g/mol. The molecule has 8 heteroatoms. The van der Waals surface area contributed by atoms with Gasteiger partial charge in [-0.05, 0) is 55.5 Å². The van der Waals surface area contributed by atoms with Crippen LogP contribution in [-0.2, 0) is 14.8 Å². The summed E-state index contributed by atoms with van der Waals surface area (Å²) in [6.07, 6.45) is 0. The lowest BCUT2D eigenvalue weighted by molar-refractivity contribution is -0.115. The smallest absolute Gasteiger partial charge is 0.238 e. The SMILES string of the molecule is CC(Sc1ccc(Cl)cc1)C(=O)Nc1ccc(S(N)(=O)=O)cc1. The number of rotatable bonds is 5. The van der Waals surface area contributed by atoms with E-state index in [0.29, 0.717) is 10.7 Å². The Morgan fingerprint density at radius 1 is 1.13 bits per heavy atom. The van der Waals surface area contributed by atoms with E-state index in [2.05, 4.69) is 5.32 Å². The minimum Gasteiger partial charge on any atom is -0.325 e. The zero-order chi connectivity index (χ0) is 17.0. The molecule has 0 aliphatic heterocycles. The molecule has 0 heterocycles. The van der Waals surface area contributed by atoms with Crippen LogP contribution in [0.25, 0.3) is 0 Å². The summed E-state index contributed by atoms with van der Waals surface area (Å²) in [7, 11) is -3.74. The molecule has 0 saturated heterocycles. The number of anilines is 1. The highest BCUT2D eigenvalue weighted by molar-refractivity contribution is 8.00. The van der Waals surface area contributed by atoms with E-state index in [4.69, 9.17) is 16.7 Å². The van der Waals surface area contributed by atoms with Crippen LogP contribution in [-0.4, -0.2) is 19.6 Å². The number of nitrogens with one attached hydrogen (secondary N) is 1. The van der Waals surface area contributed by atoms with Crippen molar-refractivity contribution in [2.75, 3.05) is 5.32 Å². The summed E-state index contributed by atoms with van der Waals surface area (Å²) in [6.45, 7) is 1.79. The first-order valence-corrected chi connectivity index (χ1v) is 9.42. The molecule has 0 saturated carbocycles. The number of primary sulfonamides is 1. The van der Waals surface area contributed by atoms with Gasteiger partial charge in [0, 0.05) is 15.6 Å². The standard InChI is InChI=1S/C15H15ClN2O3S2/c1-10(22-13-6-2-11(16)3-7-13)15(19)18-12-4-8-14(9-5-12)23(17,20)21/h2-10H,1H3,(H,18,19)(H2,17,20,21). The lowest BCUT2D eigenvalue weighted by Crippen LogP contribution is -2.22. The maximum Gasteiger partial charge on any atom is 0.238 e. The summed E-state index contributed by atoms with van der Waals surface area (Å²) in [6, 6.07) is 12.9. The third-order valence-corrected chi connectivity index (χ3v) is 5.24. The number of amides is 1. The van der Waals surface area contributed by atoms with Crippen molar-refractivity contribution in [1.29, 1.82) is 0 Å². The summed E-state index contributed by atoms with van der Waals surface area (Å²) in [5, 5.41) is 8.07. The van der Waals surface area contributed by atoms with Crippen LogP contribution in [0.2, 0.25) is 5.02 Å². The van der Waals surface area contributed by atoms with Crippen LogP contribution in [0.5, 0.6) is 0 Å². The maximum absolute atomic E-state index is 12.2. The molecule has 3 N–H and O–H groups in total. The Balaban J connectivity index is 1.99. The Hall–Kier alpha value is -1.54. The zero-order valence-corrected chi connectivity index (χ0v) is 14.6. The Morgan fingerprint density at radius 2 is 1.70 bits per heavy atom. The van der Waals surface area contributed by atoms with Gasteiger partial charge in [-0.15, -0.1) is 11.8 Å². The van der Waals surface area contributed by atoms with Crippen LogP contribution in [0.3, 0.4) is 0 Å². The molecule has 0 spiro atoms. The lowest BCUT2D eigenvalue weighted by atomic mass is 10.3. The second-order valence-corrected chi connectivity index (χ2v) is 8.18. The van der Waals surface area contributed by atoms with E-state index in [1.807, 2.05) is 12.1 Å². The number of halogens is 1. The first-order valence-electron chi connectivity index (χ1n) is 6.61. The van der Waals surface area contributed by atoms with Gasteiger partial charge in [-0.1, -0.05) is 11.6 Å². The topological polar surface area (TPSA) is 89.3 Å². The van der Waals surface area contributed by atoms with Gasteiger partial charge in [-0.3, -0.25) is 4.79 Å². The number of hydrogen-bond acceptors (Lipinski definition) is 4. The molecular weight excluding hydrogens is 356 g/mol. The quantitative estimate of drug-likeness (QED) is 0.791. The third-order valence-electron chi connectivity index (χ3n) is 2.95. The van der Waals surface area contributed by atoms with E-state index in [1.165, 1.54) is 36.0 Å². The number of hydrogen-bond donors (Lipinski definition) is 2. The van der Waals surface area contributed by atoms with Crippen LogP contribution in [0.15, 0.2) is 58.3 Å². The average Bonchev–Trinajstić information content (AvgIpc) is 2.49. The molecule has 0 fully saturated rings. The minimum atomic E-state index is -3.74. The average molecular weight is 371 g/mol. The Kier molecular flexibility index (Phi) is 5.69. The normalized spacial score (nSPS) is 12.7. The Morgan fingerprint density at radius 3 is 2.22 bits per heavy atom. The third kappa shape index (κ3) is 5.24. The van der Waals surface area contributed by atoms with E-state index in [0.717, 1.165) is 4.90 Å². The summed E-state index contributed by atoms with van der Waals surface area (Å²) in [5.41, 5.74) is 0.506. The van der Waals surface area contributed by atoms with Crippen LogP contribution in [0, 0.1) is 0 Å². The predicted molar refractivity (Wildman–Crippen MR) is 93.2 cm³/mol. The fourth-order valence-electron chi connectivity index (χ4n) is 1.74. The molecule has 0 aliphatic rings. The van der Waals surface area contributed by atoms with E-state index < -0.39 is 10.0 Å². The summed E-state index contributed by atoms with van der Waals surface area (Å²) in [5.74, 6) is -0.187. The van der Waals surface area contributed by atoms with Crippen molar-refractivity contribution in [3.8, 4) is 0 Å². The number of nitrogens with two attached hydrogens (primary N) is 1. The highest BCUT2D eigenvalue weighted by Gasteiger charge is 2.15. The van der Waals surface area contributed by atoms with Gasteiger partial charge in [-0.25, -0.2) is 13.6 Å². The number of carbonyl (C=O) groups excluding carboxylic acids is 1. The molecule has 2 rings (SSSR count). The molecule has 1 unspecified atom stereocenters. The van der Waals surface area contributed by atoms with Crippen LogP contribution >= 0.6 is 23.4 Å². The van der Waals surface area contributed by atoms with Crippen LogP contribution in [0.4, 0.5) is 5.69 Å². The number of sulfonamides is 1. The highest BCUT2D eigenvalue weighted by atomic mass is 35.5. The largest absolute Gasteiger partial charge is 0.325 e. The van der Waals surface area contributed by atoms with Crippen molar-refractivity contribution < 1.29 is 13.2 Å². The molecule has 1 amide bonds. The van der Waals surface area contributed by atoms with Gasteiger partial charge < -0.3 is 5.32 Å². The first-order chi connectivity index (χ1) is 10.8. The number of carbonyl (C=O) groups is 1. The van der Waals surface area contributed by atoms with Crippen LogP contribution < -0.4 is 10.5 Å². The molecule has 0 aliphatic carbocycles. The fourth-order valence-corrected chi connectivity index (χ4v) is 3.25. The molecule has 0 aromatic heterocycles. The number of benzene rings is 2. The second-order valence-electron chi connectivity index (χ2n) is 4.77. The molecule has 122 valence electrons. The van der Waals surface area contributed by atoms with Gasteiger partial charge >= 0.3 is 0 Å². The molecule has 2 aromatic carbocycles. The van der Waals surface area contributed by atoms with Gasteiger partial charge in [0.1, 0.15) is 0 Å². The summed E-state index contributed by atoms with van der Waals surface area (Å²) < 4.78 is 22.4. The van der Waals surface area contributed by atoms with Crippen molar-refractivity contribution in [1.82, 2.24) is 0 Å². The molecule has 23 heavy (non-hydrogen) atoms. The molecule has 0 bridgehead atoms. The highest BCUT2D eigenvalue weighted by Crippen LogP contribution is 2.25. The van der Waals surface area contributed by atoms with Crippen molar-refractivity contribution in [2.45, 2.75) is 22.0 Å². The van der Waals surface area contributed by atoms with Gasteiger partial charge in [-0.2, -0.15) is 0 Å². The minimum absolute atomic E-state index is 0.000846. The van der Waals surface area contributed by atoms with Gasteiger partial charge in [0.2, 0.25) is 15.9 Å². The molecular formula is C15H15ClN2O3S2. The van der Waals surface area contributed by atoms with Crippen molar-refractivity contribution >= 4 is 45.0 Å². The fraction of sp³-hybridized carbons (Fsp3) is 0.133. The first kappa shape index (κ1) is 17.8. The second kappa shape index (κ2) is 7.35. The van der Waals surface area contributed by atoms with Crippen molar-refractivity contribution in [2.24, 2.45) is 5.14 Å². The van der Waals surface area contributed by atoms with Crippen molar-refractivity contribution in [3.05, 3.63) is 53.6 Å². The van der Waals surface area contributed by atoms with Crippen LogP contribution in [0.1, 0.15) is 6.92 Å². The lowest BCUT2D eigenvalue weighted by Gasteiger charge is -2.12. The van der Waals surface area contributed by atoms with Gasteiger partial charge in [0.25, 0.3) is 0 Å². The van der Waals surface area contributed by atoms with E-state index in [-0.39, 0.29) is 16.1 Å². The van der Waals surface area contributed by atoms with Gasteiger partial charge in [0.15, 0.2) is 0 Å². The summed E-state index contributed by atoms with van der Waals surface area (Å²) >= 11 is 7.22. The van der Waals surface area contributed by atoms with Gasteiger partial charge in [0.05, 0.1) is 10.1 Å². The Labute approximate surface area is 144 Å². The van der Waals surface area contributed by atoms with E-state index in [1.54, 1.807) is 19.1 Å². The molecule has 2 aromatic rings. The molecule has 0 radical (unpaired) electrons. The molecule has 5 nitrogen and oxygen atoms in total. The Bertz CT molecular complexity index is 790. The predicted octanol–water partition coefficient (Wildman–Crippen LogP) is 3.11. The van der Waals surface area contributed by atoms with E-state index in [9.17, 15) is 13.2 Å². The van der Waals surface area contributed by atoms with E-state index >= 15 is 0 Å². The summed E-state index contributed by atoms with van der Waals surface area (Å²) in [4.78, 5) is 13.1. The number of thioether (sulfide) groups is 1. The zero-order valence-electron chi connectivity index (χ0n) is 12.2. The molecule has 1 atom stereocenters.